The van der Waals surface area contributed by atoms with Crippen LogP contribution < -0.4 is 4.74 Å². The third-order valence-electron chi connectivity index (χ3n) is 3.19. The van der Waals surface area contributed by atoms with E-state index in [0.29, 0.717) is 5.25 Å². The van der Waals surface area contributed by atoms with Crippen LogP contribution in [-0.2, 0) is 0 Å². The number of imidazole rings is 1. The van der Waals surface area contributed by atoms with Crippen molar-refractivity contribution in [3.8, 4) is 5.75 Å². The van der Waals surface area contributed by atoms with E-state index in [-0.39, 0.29) is 0 Å². The Morgan fingerprint density at radius 2 is 2.29 bits per heavy atom. The highest BCUT2D eigenvalue weighted by molar-refractivity contribution is 7.99. The predicted molar refractivity (Wildman–Crippen MR) is 70.8 cm³/mol. The molecule has 3 heterocycles. The number of nitrogens with zero attached hydrogens (tertiary/aromatic N) is 2. The summed E-state index contributed by atoms with van der Waals surface area (Å²) in [5.74, 6) is 2.14. The zero-order chi connectivity index (χ0) is 11.7. The fourth-order valence-corrected chi connectivity index (χ4v) is 3.51. The molecule has 1 saturated heterocycles. The number of thioether (sulfide) groups is 1. The minimum absolute atomic E-state index is 0.578. The normalized spacial score (nSPS) is 20.6. The number of hydrogen-bond donors (Lipinski definition) is 0. The second-order valence-corrected chi connectivity index (χ2v) is 5.67. The van der Waals surface area contributed by atoms with Crippen molar-refractivity contribution in [2.24, 2.45) is 0 Å². The molecule has 0 saturated carbocycles. The first-order valence-corrected chi connectivity index (χ1v) is 7.06. The van der Waals surface area contributed by atoms with Gasteiger partial charge in [-0.3, -0.25) is 0 Å². The van der Waals surface area contributed by atoms with Gasteiger partial charge in [0.1, 0.15) is 11.4 Å². The Bertz CT molecular complexity index is 517. The average Bonchev–Trinajstić information content (AvgIpc) is 2.82. The van der Waals surface area contributed by atoms with E-state index in [2.05, 4.69) is 10.6 Å². The molecular weight excluding hydrogens is 232 g/mol. The fraction of sp³-hybridized carbons (Fsp3) is 0.462. The maximum absolute atomic E-state index is 5.22. The van der Waals surface area contributed by atoms with E-state index in [4.69, 9.17) is 9.72 Å². The smallest absolute Gasteiger partial charge is 0.137 e. The van der Waals surface area contributed by atoms with Crippen LogP contribution in [0.5, 0.6) is 5.75 Å². The maximum atomic E-state index is 5.22. The minimum Gasteiger partial charge on any atom is -0.495 e. The zero-order valence-corrected chi connectivity index (χ0v) is 10.7. The Morgan fingerprint density at radius 1 is 1.35 bits per heavy atom. The zero-order valence-electron chi connectivity index (χ0n) is 9.93. The van der Waals surface area contributed by atoms with Gasteiger partial charge in [-0.15, -0.1) is 0 Å². The highest BCUT2D eigenvalue weighted by atomic mass is 32.2. The molecule has 3 nitrogen and oxygen atoms in total. The van der Waals surface area contributed by atoms with E-state index in [1.165, 1.54) is 30.7 Å². The summed E-state index contributed by atoms with van der Waals surface area (Å²) >= 11 is 2.03. The predicted octanol–water partition coefficient (Wildman–Crippen LogP) is 3.30. The second-order valence-electron chi connectivity index (χ2n) is 4.36. The molecule has 1 atom stereocenters. The van der Waals surface area contributed by atoms with Crippen LogP contribution in [-0.4, -0.2) is 22.2 Å². The van der Waals surface area contributed by atoms with Crippen LogP contribution >= 0.6 is 11.8 Å². The molecule has 0 spiro atoms. The van der Waals surface area contributed by atoms with Crippen molar-refractivity contribution in [3.05, 3.63) is 30.2 Å². The van der Waals surface area contributed by atoms with Gasteiger partial charge >= 0.3 is 0 Å². The standard InChI is InChI=1S/C13H16N2OS/c1-16-10-5-6-13-14-11(9-15(13)8-10)12-4-2-3-7-17-12/h5-6,8-9,12H,2-4,7H2,1H3. The SMILES string of the molecule is COc1ccc2nc(C3CCCCS3)cn2c1. The summed E-state index contributed by atoms with van der Waals surface area (Å²) in [4.78, 5) is 4.70. The number of rotatable bonds is 2. The monoisotopic (exact) mass is 248 g/mol. The van der Waals surface area contributed by atoms with E-state index in [9.17, 15) is 0 Å². The molecule has 1 aliphatic heterocycles. The van der Waals surface area contributed by atoms with Gasteiger partial charge in [0.15, 0.2) is 0 Å². The largest absolute Gasteiger partial charge is 0.495 e. The molecule has 4 heteroatoms. The second kappa shape index (κ2) is 4.61. The number of fused-ring (bicyclic) bond motifs is 1. The lowest BCUT2D eigenvalue weighted by molar-refractivity contribution is 0.412. The minimum atomic E-state index is 0.578. The summed E-state index contributed by atoms with van der Waals surface area (Å²) in [5.41, 5.74) is 2.22. The van der Waals surface area contributed by atoms with Crippen LogP contribution in [0.4, 0.5) is 0 Å². The summed E-state index contributed by atoms with van der Waals surface area (Å²) in [5, 5.41) is 0.578. The lowest BCUT2D eigenvalue weighted by Gasteiger charge is -2.18. The molecule has 0 aromatic carbocycles. The first-order valence-electron chi connectivity index (χ1n) is 6.01. The van der Waals surface area contributed by atoms with Crippen LogP contribution in [0.15, 0.2) is 24.5 Å². The lowest BCUT2D eigenvalue weighted by atomic mass is 10.1. The van der Waals surface area contributed by atoms with E-state index in [1.807, 2.05) is 30.1 Å². The molecule has 0 N–H and O–H groups in total. The van der Waals surface area contributed by atoms with Crippen LogP contribution in [0.25, 0.3) is 5.65 Å². The quantitative estimate of drug-likeness (QED) is 0.815. The van der Waals surface area contributed by atoms with Gasteiger partial charge in [-0.1, -0.05) is 6.42 Å². The molecule has 17 heavy (non-hydrogen) atoms. The van der Waals surface area contributed by atoms with E-state index >= 15 is 0 Å². The van der Waals surface area contributed by atoms with Gasteiger partial charge in [-0.05, 0) is 30.7 Å². The van der Waals surface area contributed by atoms with Crippen molar-refractivity contribution in [1.82, 2.24) is 9.38 Å². The van der Waals surface area contributed by atoms with Crippen LogP contribution in [0.1, 0.15) is 30.2 Å². The highest BCUT2D eigenvalue weighted by Crippen LogP contribution is 2.37. The van der Waals surface area contributed by atoms with E-state index < -0.39 is 0 Å². The van der Waals surface area contributed by atoms with Gasteiger partial charge in [0.25, 0.3) is 0 Å². The van der Waals surface area contributed by atoms with Crippen molar-refractivity contribution in [3.63, 3.8) is 0 Å². The third kappa shape index (κ3) is 2.14. The van der Waals surface area contributed by atoms with Gasteiger partial charge in [-0.25, -0.2) is 4.98 Å². The lowest BCUT2D eigenvalue weighted by Crippen LogP contribution is -2.02. The molecule has 1 unspecified atom stereocenters. The van der Waals surface area contributed by atoms with Gasteiger partial charge in [0.2, 0.25) is 0 Å². The Kier molecular flexibility index (Phi) is 2.97. The van der Waals surface area contributed by atoms with Gasteiger partial charge in [0.05, 0.1) is 19.0 Å². The van der Waals surface area contributed by atoms with Crippen molar-refractivity contribution < 1.29 is 4.74 Å². The Morgan fingerprint density at radius 3 is 3.06 bits per heavy atom. The first kappa shape index (κ1) is 11.0. The summed E-state index contributed by atoms with van der Waals surface area (Å²) in [6.45, 7) is 0. The molecule has 0 amide bonds. The van der Waals surface area contributed by atoms with Crippen molar-refractivity contribution in [2.75, 3.05) is 12.9 Å². The summed E-state index contributed by atoms with van der Waals surface area (Å²) < 4.78 is 7.28. The van der Waals surface area contributed by atoms with E-state index in [0.717, 1.165) is 11.4 Å². The molecule has 2 aromatic heterocycles. The van der Waals surface area contributed by atoms with Crippen LogP contribution in [0.2, 0.25) is 0 Å². The Balaban J connectivity index is 1.95. The Labute approximate surface area is 105 Å². The molecule has 0 bridgehead atoms. The molecule has 3 rings (SSSR count). The van der Waals surface area contributed by atoms with Crippen molar-refractivity contribution >= 4 is 17.4 Å². The van der Waals surface area contributed by atoms with E-state index in [1.54, 1.807) is 7.11 Å². The molecule has 0 aliphatic carbocycles. The van der Waals surface area contributed by atoms with Gasteiger partial charge in [-0.2, -0.15) is 11.8 Å². The maximum Gasteiger partial charge on any atom is 0.137 e. The molecule has 2 aromatic rings. The van der Waals surface area contributed by atoms with Gasteiger partial charge < -0.3 is 9.14 Å². The number of aromatic nitrogens is 2. The topological polar surface area (TPSA) is 26.5 Å². The highest BCUT2D eigenvalue weighted by Gasteiger charge is 2.18. The number of hydrogen-bond acceptors (Lipinski definition) is 3. The molecular formula is C13H16N2OS. The first-order chi connectivity index (χ1) is 8.36. The van der Waals surface area contributed by atoms with Crippen molar-refractivity contribution in [1.29, 1.82) is 0 Å². The Hall–Kier alpha value is -1.16. The number of pyridine rings is 1. The van der Waals surface area contributed by atoms with Crippen LogP contribution in [0, 0.1) is 0 Å². The van der Waals surface area contributed by atoms with Gasteiger partial charge in [0, 0.05) is 11.4 Å². The molecule has 1 fully saturated rings. The fourth-order valence-electron chi connectivity index (χ4n) is 2.24. The summed E-state index contributed by atoms with van der Waals surface area (Å²) in [7, 11) is 1.69. The van der Waals surface area contributed by atoms with Crippen LogP contribution in [0.3, 0.4) is 0 Å². The molecule has 90 valence electrons. The summed E-state index contributed by atoms with van der Waals surface area (Å²) in [6, 6.07) is 3.97. The number of methoxy groups -OCH3 is 1. The summed E-state index contributed by atoms with van der Waals surface area (Å²) in [6.07, 6.45) is 8.06. The third-order valence-corrected chi connectivity index (χ3v) is 4.59. The van der Waals surface area contributed by atoms with Crippen molar-refractivity contribution in [2.45, 2.75) is 24.5 Å². The molecule has 0 radical (unpaired) electrons. The average molecular weight is 248 g/mol. The molecule has 1 aliphatic rings. The number of ether oxygens (including phenoxy) is 1.